The van der Waals surface area contributed by atoms with Crippen molar-refractivity contribution in [1.82, 2.24) is 0 Å². The van der Waals surface area contributed by atoms with Gasteiger partial charge in [-0.1, -0.05) is 0 Å². The van der Waals surface area contributed by atoms with Gasteiger partial charge in [0.25, 0.3) is 6.43 Å². The SMILES string of the molecule is CCOS(=O)(=O)OCC(F)F.[H-].[Li+]. The van der Waals surface area contributed by atoms with Gasteiger partial charge in [0.05, 0.1) is 6.61 Å². The Bertz CT molecular complexity index is 198. The Labute approximate surface area is 83.2 Å². The van der Waals surface area contributed by atoms with E-state index in [0.29, 0.717) is 0 Å². The van der Waals surface area contributed by atoms with Gasteiger partial charge >= 0.3 is 29.3 Å². The molecule has 0 unspecified atom stereocenters. The van der Waals surface area contributed by atoms with Crippen molar-refractivity contribution in [3.63, 3.8) is 0 Å². The van der Waals surface area contributed by atoms with E-state index < -0.39 is 23.4 Å². The fourth-order valence-electron chi connectivity index (χ4n) is 0.313. The molecule has 0 bridgehead atoms. The Morgan fingerprint density at radius 2 is 1.92 bits per heavy atom. The minimum absolute atomic E-state index is 0. The van der Waals surface area contributed by atoms with Gasteiger partial charge < -0.3 is 1.43 Å². The Morgan fingerprint density at radius 3 is 2.25 bits per heavy atom. The molecular formula is C4H9F2LiO4S. The maximum Gasteiger partial charge on any atom is 1.00 e. The van der Waals surface area contributed by atoms with Gasteiger partial charge in [0, 0.05) is 0 Å². The van der Waals surface area contributed by atoms with Gasteiger partial charge in [-0.05, 0) is 6.92 Å². The minimum atomic E-state index is -4.21. The maximum atomic E-state index is 11.4. The zero-order chi connectivity index (χ0) is 8.91. The third-order valence-electron chi connectivity index (χ3n) is 0.601. The van der Waals surface area contributed by atoms with Gasteiger partial charge in [-0.25, -0.2) is 17.1 Å². The molecule has 0 aliphatic heterocycles. The van der Waals surface area contributed by atoms with E-state index in [2.05, 4.69) is 8.37 Å². The summed E-state index contributed by atoms with van der Waals surface area (Å²) in [6.07, 6.45) is -2.81. The molecule has 0 aliphatic carbocycles. The monoisotopic (exact) mass is 198 g/mol. The molecule has 0 atom stereocenters. The predicted octanol–water partition coefficient (Wildman–Crippen LogP) is -2.33. The number of hydrogen-bond acceptors (Lipinski definition) is 4. The van der Waals surface area contributed by atoms with Crippen LogP contribution >= 0.6 is 0 Å². The molecule has 0 rings (SSSR count). The Morgan fingerprint density at radius 1 is 1.42 bits per heavy atom. The van der Waals surface area contributed by atoms with Crippen molar-refractivity contribution in [2.45, 2.75) is 13.3 Å². The average Bonchev–Trinajstić information content (AvgIpc) is 1.84. The standard InChI is InChI=1S/C4H8F2O4S.Li.H/c1-2-9-11(7,8)10-3-4(5)6;;/h4H,2-3H2,1H3;;/q;+1;-1. The van der Waals surface area contributed by atoms with Crippen LogP contribution in [0.2, 0.25) is 0 Å². The zero-order valence-electron chi connectivity index (χ0n) is 7.79. The zero-order valence-corrected chi connectivity index (χ0v) is 7.61. The summed E-state index contributed by atoms with van der Waals surface area (Å²) < 4.78 is 51.2. The van der Waals surface area contributed by atoms with E-state index in [4.69, 9.17) is 0 Å². The molecule has 0 fully saturated rings. The molecule has 0 aromatic rings. The van der Waals surface area contributed by atoms with Crippen molar-refractivity contribution < 1.29 is 45.9 Å². The van der Waals surface area contributed by atoms with Crippen LogP contribution < -0.4 is 18.9 Å². The average molecular weight is 198 g/mol. The van der Waals surface area contributed by atoms with E-state index in [1.807, 2.05) is 0 Å². The van der Waals surface area contributed by atoms with Crippen molar-refractivity contribution in [1.29, 1.82) is 0 Å². The quantitative estimate of drug-likeness (QED) is 0.465. The van der Waals surface area contributed by atoms with Gasteiger partial charge in [0.2, 0.25) is 0 Å². The van der Waals surface area contributed by atoms with Crippen molar-refractivity contribution >= 4 is 10.4 Å². The fourth-order valence-corrected chi connectivity index (χ4v) is 0.939. The number of rotatable bonds is 5. The van der Waals surface area contributed by atoms with Gasteiger partial charge in [0.15, 0.2) is 0 Å². The molecule has 0 aromatic heterocycles. The molecule has 0 saturated heterocycles. The second-order valence-electron chi connectivity index (χ2n) is 1.49. The van der Waals surface area contributed by atoms with Crippen LogP contribution in [-0.4, -0.2) is 28.1 Å². The first-order chi connectivity index (χ1) is 4.98. The maximum absolute atomic E-state index is 11.4. The van der Waals surface area contributed by atoms with Crippen LogP contribution in [0.1, 0.15) is 8.35 Å². The van der Waals surface area contributed by atoms with Crippen LogP contribution in [0.3, 0.4) is 0 Å². The van der Waals surface area contributed by atoms with Crippen LogP contribution in [0.4, 0.5) is 8.78 Å². The molecule has 0 spiro atoms. The molecule has 0 aliphatic rings. The molecular weight excluding hydrogens is 189 g/mol. The molecule has 0 radical (unpaired) electrons. The van der Waals surface area contributed by atoms with Gasteiger partial charge in [0.1, 0.15) is 6.61 Å². The first-order valence-corrected chi connectivity index (χ1v) is 4.13. The first kappa shape index (κ1) is 14.8. The summed E-state index contributed by atoms with van der Waals surface area (Å²) in [5, 5.41) is 0. The van der Waals surface area contributed by atoms with E-state index in [-0.39, 0.29) is 26.9 Å². The molecule has 0 heterocycles. The Balaban J connectivity index is -0.000000500. The number of hydrogen-bond donors (Lipinski definition) is 0. The van der Waals surface area contributed by atoms with Crippen molar-refractivity contribution in [3.05, 3.63) is 0 Å². The molecule has 12 heavy (non-hydrogen) atoms. The summed E-state index contributed by atoms with van der Waals surface area (Å²) in [6.45, 7) is 0.108. The minimum Gasteiger partial charge on any atom is -1.00 e. The number of halogens is 2. The molecule has 0 amide bonds. The van der Waals surface area contributed by atoms with E-state index >= 15 is 0 Å². The number of alkyl halides is 2. The van der Waals surface area contributed by atoms with Gasteiger partial charge in [-0.15, -0.1) is 0 Å². The first-order valence-electron chi connectivity index (χ1n) is 2.80. The normalized spacial score (nSPS) is 11.3. The third-order valence-corrected chi connectivity index (χ3v) is 1.55. The van der Waals surface area contributed by atoms with Crippen molar-refractivity contribution in [3.8, 4) is 0 Å². The molecule has 0 saturated carbocycles. The van der Waals surface area contributed by atoms with Crippen LogP contribution in [-0.2, 0) is 18.8 Å². The largest absolute Gasteiger partial charge is 1.00 e. The summed E-state index contributed by atoms with van der Waals surface area (Å²) >= 11 is 0. The van der Waals surface area contributed by atoms with Crippen molar-refractivity contribution in [2.24, 2.45) is 0 Å². The van der Waals surface area contributed by atoms with Crippen LogP contribution in [0, 0.1) is 0 Å². The fraction of sp³-hybridized carbons (Fsp3) is 1.00. The predicted molar refractivity (Wildman–Crippen MR) is 33.6 cm³/mol. The molecule has 70 valence electrons. The topological polar surface area (TPSA) is 52.6 Å². The smallest absolute Gasteiger partial charge is 1.00 e. The third kappa shape index (κ3) is 8.42. The summed E-state index contributed by atoms with van der Waals surface area (Å²) in [5.74, 6) is 0. The summed E-state index contributed by atoms with van der Waals surface area (Å²) in [4.78, 5) is 0. The van der Waals surface area contributed by atoms with Crippen LogP contribution in [0.25, 0.3) is 0 Å². The van der Waals surface area contributed by atoms with E-state index in [1.54, 1.807) is 0 Å². The summed E-state index contributed by atoms with van der Waals surface area (Å²) in [5.41, 5.74) is 0. The Hall–Kier alpha value is 0.327. The molecule has 0 aromatic carbocycles. The van der Waals surface area contributed by atoms with Crippen LogP contribution in [0.15, 0.2) is 0 Å². The van der Waals surface area contributed by atoms with E-state index in [1.165, 1.54) is 6.92 Å². The van der Waals surface area contributed by atoms with Gasteiger partial charge in [-0.2, -0.15) is 8.42 Å². The Kier molecular flexibility index (Phi) is 8.41. The van der Waals surface area contributed by atoms with E-state index in [9.17, 15) is 17.2 Å². The van der Waals surface area contributed by atoms with Gasteiger partial charge in [-0.3, -0.25) is 0 Å². The van der Waals surface area contributed by atoms with Crippen molar-refractivity contribution in [2.75, 3.05) is 13.2 Å². The molecule has 0 N–H and O–H groups in total. The molecule has 8 heteroatoms. The summed E-state index contributed by atoms with van der Waals surface area (Å²) in [7, 11) is -4.21. The second kappa shape index (κ2) is 6.80. The molecule has 4 nitrogen and oxygen atoms in total. The van der Waals surface area contributed by atoms with Crippen LogP contribution in [0.5, 0.6) is 0 Å². The second-order valence-corrected chi connectivity index (χ2v) is 2.78. The van der Waals surface area contributed by atoms with E-state index in [0.717, 1.165) is 0 Å². The summed E-state index contributed by atoms with van der Waals surface area (Å²) in [6, 6.07) is 0.